The normalized spacial score (nSPS) is 14.3. The number of carbonyl (C=O) groups excluding carboxylic acids is 4. The van der Waals surface area contributed by atoms with Crippen LogP contribution in [0, 0.1) is 6.92 Å². The third-order valence-corrected chi connectivity index (χ3v) is 6.34. The first-order valence-electron chi connectivity index (χ1n) is 11.5. The van der Waals surface area contributed by atoms with E-state index in [9.17, 15) is 19.2 Å². The van der Waals surface area contributed by atoms with Crippen molar-refractivity contribution in [2.75, 3.05) is 25.1 Å². The second-order valence-electron chi connectivity index (χ2n) is 8.27. The highest BCUT2D eigenvalue weighted by Gasteiger charge is 2.37. The van der Waals surface area contributed by atoms with E-state index in [1.165, 1.54) is 6.08 Å². The van der Waals surface area contributed by atoms with Gasteiger partial charge < -0.3 is 19.5 Å². The van der Waals surface area contributed by atoms with Crippen LogP contribution < -0.4 is 14.8 Å². The minimum absolute atomic E-state index is 0.155. The summed E-state index contributed by atoms with van der Waals surface area (Å²) in [5.74, 6) is -0.911. The summed E-state index contributed by atoms with van der Waals surface area (Å²) in [7, 11) is 0. The predicted molar refractivity (Wildman–Crippen MR) is 145 cm³/mol. The van der Waals surface area contributed by atoms with Crippen LogP contribution in [0.3, 0.4) is 0 Å². The van der Waals surface area contributed by atoms with Crippen LogP contribution in [-0.2, 0) is 19.1 Å². The SMILES string of the molecule is CCOc1cc(/C=C2/SC(=O)N(CC(=O)OC(C)C)C2=O)cc(Br)c1OCC(=O)Nc1ccc(C)cc1. The molecule has 3 rings (SSSR count). The van der Waals surface area contributed by atoms with Gasteiger partial charge in [0.05, 0.1) is 22.1 Å². The quantitative estimate of drug-likeness (QED) is 0.298. The highest BCUT2D eigenvalue weighted by Crippen LogP contribution is 2.39. The van der Waals surface area contributed by atoms with Gasteiger partial charge in [0, 0.05) is 5.69 Å². The zero-order valence-corrected chi connectivity index (χ0v) is 23.2. The monoisotopic (exact) mass is 590 g/mol. The van der Waals surface area contributed by atoms with Crippen molar-refractivity contribution in [2.45, 2.75) is 33.8 Å². The van der Waals surface area contributed by atoms with Gasteiger partial charge in [-0.1, -0.05) is 17.7 Å². The Labute approximate surface area is 227 Å². The van der Waals surface area contributed by atoms with Gasteiger partial charge in [-0.3, -0.25) is 24.1 Å². The molecule has 3 amide bonds. The van der Waals surface area contributed by atoms with Crippen molar-refractivity contribution in [3.8, 4) is 11.5 Å². The van der Waals surface area contributed by atoms with E-state index in [-0.39, 0.29) is 23.5 Å². The first-order valence-corrected chi connectivity index (χ1v) is 13.1. The molecule has 0 aromatic heterocycles. The molecule has 0 atom stereocenters. The molecule has 0 radical (unpaired) electrons. The van der Waals surface area contributed by atoms with Crippen LogP contribution in [0.25, 0.3) is 6.08 Å². The van der Waals surface area contributed by atoms with E-state index in [2.05, 4.69) is 21.2 Å². The maximum absolute atomic E-state index is 12.7. The lowest BCUT2D eigenvalue weighted by Gasteiger charge is -2.15. The molecule has 9 nitrogen and oxygen atoms in total. The molecule has 0 bridgehead atoms. The van der Waals surface area contributed by atoms with Crippen molar-refractivity contribution in [3.63, 3.8) is 0 Å². The Kier molecular flexibility index (Phi) is 9.76. The van der Waals surface area contributed by atoms with Crippen molar-refractivity contribution in [2.24, 2.45) is 0 Å². The average Bonchev–Trinajstić information content (AvgIpc) is 3.07. The van der Waals surface area contributed by atoms with E-state index in [0.29, 0.717) is 33.8 Å². The second-order valence-corrected chi connectivity index (χ2v) is 10.1. The number of thioether (sulfide) groups is 1. The molecule has 0 aliphatic carbocycles. The van der Waals surface area contributed by atoms with E-state index in [0.717, 1.165) is 22.2 Å². The molecule has 1 aliphatic heterocycles. The van der Waals surface area contributed by atoms with Gasteiger partial charge in [0.25, 0.3) is 17.1 Å². The van der Waals surface area contributed by atoms with Gasteiger partial charge in [-0.2, -0.15) is 0 Å². The second kappa shape index (κ2) is 12.8. The fourth-order valence-corrected chi connectivity index (χ4v) is 4.68. The summed E-state index contributed by atoms with van der Waals surface area (Å²) in [6, 6.07) is 10.7. The smallest absolute Gasteiger partial charge is 0.326 e. The summed E-state index contributed by atoms with van der Waals surface area (Å²) in [6.07, 6.45) is 1.17. The Morgan fingerprint density at radius 1 is 1.14 bits per heavy atom. The van der Waals surface area contributed by atoms with Gasteiger partial charge in [-0.25, -0.2) is 0 Å². The van der Waals surface area contributed by atoms with E-state index in [4.69, 9.17) is 14.2 Å². The van der Waals surface area contributed by atoms with Crippen molar-refractivity contribution in [1.29, 1.82) is 0 Å². The summed E-state index contributed by atoms with van der Waals surface area (Å²) >= 11 is 4.17. The van der Waals surface area contributed by atoms with Crippen LogP contribution in [-0.4, -0.2) is 53.8 Å². The molecule has 196 valence electrons. The maximum Gasteiger partial charge on any atom is 0.326 e. The molecule has 37 heavy (non-hydrogen) atoms. The largest absolute Gasteiger partial charge is 0.490 e. The van der Waals surface area contributed by atoms with Crippen molar-refractivity contribution < 1.29 is 33.4 Å². The van der Waals surface area contributed by atoms with Crippen molar-refractivity contribution in [3.05, 3.63) is 56.9 Å². The van der Waals surface area contributed by atoms with E-state index in [1.807, 2.05) is 19.1 Å². The number of aryl methyl sites for hydroxylation is 1. The first-order chi connectivity index (χ1) is 17.6. The lowest BCUT2D eigenvalue weighted by atomic mass is 10.2. The molecular weight excluding hydrogens is 564 g/mol. The lowest BCUT2D eigenvalue weighted by molar-refractivity contribution is -0.149. The van der Waals surface area contributed by atoms with Gasteiger partial charge in [0.1, 0.15) is 6.54 Å². The zero-order valence-electron chi connectivity index (χ0n) is 20.8. The minimum atomic E-state index is -0.659. The molecule has 1 heterocycles. The molecule has 2 aromatic rings. The van der Waals surface area contributed by atoms with Gasteiger partial charge in [0.2, 0.25) is 0 Å². The predicted octanol–water partition coefficient (Wildman–Crippen LogP) is 5.16. The summed E-state index contributed by atoms with van der Waals surface area (Å²) in [5, 5.41) is 2.21. The Bertz CT molecular complexity index is 1230. The lowest BCUT2D eigenvalue weighted by Crippen LogP contribution is -2.35. The number of anilines is 1. The van der Waals surface area contributed by atoms with Crippen LogP contribution >= 0.6 is 27.7 Å². The number of benzene rings is 2. The maximum atomic E-state index is 12.7. The Morgan fingerprint density at radius 2 is 1.84 bits per heavy atom. The molecule has 1 aliphatic rings. The molecule has 0 unspecified atom stereocenters. The van der Waals surface area contributed by atoms with Crippen LogP contribution in [0.2, 0.25) is 0 Å². The average molecular weight is 591 g/mol. The Hall–Kier alpha value is -3.31. The standard InChI is InChI=1S/C26H27BrN2O7S/c1-5-34-20-11-17(12-21-25(32)29(26(33)37-21)13-23(31)36-15(2)3)10-19(27)24(20)35-14-22(30)28-18-8-6-16(4)7-9-18/h6-12,15H,5,13-14H2,1-4H3,(H,28,30)/b21-12+. The van der Waals surface area contributed by atoms with Crippen LogP contribution in [0.5, 0.6) is 11.5 Å². The molecule has 1 N–H and O–H groups in total. The molecule has 1 fully saturated rings. The molecule has 0 saturated carbocycles. The first kappa shape index (κ1) is 28.3. The van der Waals surface area contributed by atoms with Gasteiger partial charge in [0.15, 0.2) is 18.1 Å². The van der Waals surface area contributed by atoms with Gasteiger partial charge in [-0.05, 0) is 91.3 Å². The van der Waals surface area contributed by atoms with Crippen LogP contribution in [0.1, 0.15) is 31.9 Å². The number of imide groups is 1. The molecule has 1 saturated heterocycles. The van der Waals surface area contributed by atoms with Gasteiger partial charge >= 0.3 is 5.97 Å². The topological polar surface area (TPSA) is 111 Å². The third kappa shape index (κ3) is 7.83. The van der Waals surface area contributed by atoms with E-state index >= 15 is 0 Å². The molecule has 11 heteroatoms. The highest BCUT2D eigenvalue weighted by molar-refractivity contribution is 9.10. The summed E-state index contributed by atoms with van der Waals surface area (Å²) < 4.78 is 17.0. The number of esters is 1. The van der Waals surface area contributed by atoms with Crippen LogP contribution in [0.15, 0.2) is 45.8 Å². The summed E-state index contributed by atoms with van der Waals surface area (Å²) in [6.45, 7) is 6.75. The Morgan fingerprint density at radius 3 is 2.49 bits per heavy atom. The minimum Gasteiger partial charge on any atom is -0.490 e. The Balaban J connectivity index is 1.74. The molecular formula is C26H27BrN2O7S. The number of hydrogen-bond donors (Lipinski definition) is 1. The summed E-state index contributed by atoms with van der Waals surface area (Å²) in [5.41, 5.74) is 2.30. The number of nitrogens with one attached hydrogen (secondary N) is 1. The number of carbonyl (C=O) groups is 4. The molecule has 0 spiro atoms. The number of halogens is 1. The number of ether oxygens (including phenoxy) is 3. The fourth-order valence-electron chi connectivity index (χ4n) is 3.26. The van der Waals surface area contributed by atoms with Crippen LogP contribution in [0.4, 0.5) is 10.5 Å². The summed E-state index contributed by atoms with van der Waals surface area (Å²) in [4.78, 5) is 50.4. The number of nitrogens with zero attached hydrogens (tertiary/aromatic N) is 1. The third-order valence-electron chi connectivity index (χ3n) is 4.84. The number of hydrogen-bond acceptors (Lipinski definition) is 8. The number of amides is 3. The van der Waals surface area contributed by atoms with Gasteiger partial charge in [-0.15, -0.1) is 0 Å². The van der Waals surface area contributed by atoms with Crippen molar-refractivity contribution in [1.82, 2.24) is 4.90 Å². The fraction of sp³-hybridized carbons (Fsp3) is 0.308. The van der Waals surface area contributed by atoms with E-state index < -0.39 is 23.7 Å². The van der Waals surface area contributed by atoms with Crippen molar-refractivity contribution >= 4 is 62.5 Å². The number of rotatable bonds is 10. The molecule has 2 aromatic carbocycles. The highest BCUT2D eigenvalue weighted by atomic mass is 79.9. The zero-order chi connectivity index (χ0) is 27.1. The van der Waals surface area contributed by atoms with E-state index in [1.54, 1.807) is 45.0 Å².